The highest BCUT2D eigenvalue weighted by Crippen LogP contribution is 2.64. The lowest BCUT2D eigenvalue weighted by atomic mass is 9.82. The van der Waals surface area contributed by atoms with Crippen LogP contribution in [0.5, 0.6) is 0 Å². The van der Waals surface area contributed by atoms with Crippen LogP contribution in [0.4, 0.5) is 158 Å². The molecule has 2 aromatic rings. The average molecular weight is 1000 g/mol. The fourth-order valence-corrected chi connectivity index (χ4v) is 4.55. The topological polar surface area (TPSA) is 0 Å². The second-order valence-electron chi connectivity index (χ2n) is 12.0. The normalized spacial score (nSPS) is 16.4. The number of benzene rings is 2. The van der Waals surface area contributed by atoms with Gasteiger partial charge in [-0.2, -0.15) is 158 Å². The van der Waals surface area contributed by atoms with Crippen molar-refractivity contribution in [2.75, 3.05) is 0 Å². The standard InChI is InChI=1S/C26H4F36/c27-11(28,15(35,36)19(43,44)23(51,52)53)5-1-7-8(10(3-5)14(33,34)18(41,42)22(49,50)26(60,61)62)2-6(12(29,30)16(37,38)20(45,46)24(54,55)56)4-9(7)13(31,32)17(39,40)21(47,48)25(57,58)59/h1-4H. The summed E-state index contributed by atoms with van der Waals surface area (Å²) in [6.07, 6.45) is -32.9. The van der Waals surface area contributed by atoms with E-state index in [9.17, 15) is 140 Å². The van der Waals surface area contributed by atoms with Gasteiger partial charge in [0.15, 0.2) is 0 Å². The Morgan fingerprint density at radius 1 is 0.194 bits per heavy atom. The molecule has 62 heavy (non-hydrogen) atoms. The molecule has 0 aliphatic carbocycles. The summed E-state index contributed by atoms with van der Waals surface area (Å²) in [5.74, 6) is -103. The molecule has 0 nitrogen and oxygen atoms in total. The molecule has 0 radical (unpaired) electrons. The first-order valence-electron chi connectivity index (χ1n) is 13.9. The summed E-state index contributed by atoms with van der Waals surface area (Å²) in [6, 6.07) is -9.94. The van der Waals surface area contributed by atoms with Crippen LogP contribution < -0.4 is 0 Å². The number of hydrogen-bond acceptors (Lipinski definition) is 0. The second-order valence-corrected chi connectivity index (χ2v) is 12.0. The molecule has 0 bridgehead atoms. The molecule has 0 unspecified atom stereocenters. The predicted octanol–water partition coefficient (Wildman–Crippen LogP) is 14.5. The Morgan fingerprint density at radius 3 is 0.516 bits per heavy atom. The van der Waals surface area contributed by atoms with Crippen LogP contribution in [0, 0.1) is 0 Å². The van der Waals surface area contributed by atoms with Gasteiger partial charge in [-0.1, -0.05) is 0 Å². The van der Waals surface area contributed by atoms with E-state index >= 15 is 17.6 Å². The van der Waals surface area contributed by atoms with Gasteiger partial charge in [0.05, 0.1) is 0 Å². The van der Waals surface area contributed by atoms with E-state index < -0.39 is 153 Å². The molecule has 0 N–H and O–H groups in total. The molecule has 2 rings (SSSR count). The summed E-state index contributed by atoms with van der Waals surface area (Å²) in [5.41, 5.74) is -18.8. The van der Waals surface area contributed by atoms with Crippen LogP contribution in [0.15, 0.2) is 24.3 Å². The molecule has 0 aromatic heterocycles. The smallest absolute Gasteiger partial charge is 0.194 e. The molecule has 0 saturated carbocycles. The zero-order valence-electron chi connectivity index (χ0n) is 26.9. The highest BCUT2D eigenvalue weighted by atomic mass is 19.5. The Balaban J connectivity index is 3.76. The van der Waals surface area contributed by atoms with Crippen LogP contribution in [0.1, 0.15) is 22.3 Å². The van der Waals surface area contributed by atoms with Gasteiger partial charge in [0.1, 0.15) is 0 Å². The van der Waals surface area contributed by atoms with Crippen molar-refractivity contribution in [2.45, 2.75) is 95.8 Å². The van der Waals surface area contributed by atoms with Crippen LogP contribution in [0.3, 0.4) is 0 Å². The molecular formula is C26H4F36. The molecule has 0 aliphatic rings. The van der Waals surface area contributed by atoms with Crippen molar-refractivity contribution in [1.29, 1.82) is 0 Å². The average Bonchev–Trinajstić information content (AvgIpc) is 3.04. The quantitative estimate of drug-likeness (QED) is 0.186. The lowest BCUT2D eigenvalue weighted by Crippen LogP contribution is -2.60. The largest absolute Gasteiger partial charge is 0.460 e. The molecule has 0 aliphatic heterocycles. The van der Waals surface area contributed by atoms with E-state index in [4.69, 9.17) is 0 Å². The number of rotatable bonds is 12. The monoisotopic (exact) mass is 1000 g/mol. The maximum absolute atomic E-state index is 15.3. The maximum atomic E-state index is 15.3. The SMILES string of the molecule is FC(F)(F)C(F)(F)C(F)(F)C(F)(F)c1cc(C(F)(F)C(F)(F)C(F)(F)C(F)(F)F)c2cc(C(F)(F)C(F)(F)C(F)(F)C(F)(F)F)cc(C(F)(F)C(F)(F)C(F)(F)C(F)(F)F)c2c1. The zero-order chi connectivity index (χ0) is 50.3. The van der Waals surface area contributed by atoms with Crippen LogP contribution in [0.2, 0.25) is 0 Å². The minimum absolute atomic E-state index is 2.31. The van der Waals surface area contributed by atoms with Gasteiger partial charge in [0, 0.05) is 22.3 Å². The second kappa shape index (κ2) is 13.8. The third kappa shape index (κ3) is 7.01. The van der Waals surface area contributed by atoms with Crippen molar-refractivity contribution in [3.05, 3.63) is 46.5 Å². The van der Waals surface area contributed by atoms with E-state index in [1.54, 1.807) is 0 Å². The maximum Gasteiger partial charge on any atom is 0.460 e. The molecule has 0 saturated heterocycles. The molecule has 0 heterocycles. The minimum Gasteiger partial charge on any atom is -0.194 e. The molecule has 0 amide bonds. The summed E-state index contributed by atoms with van der Waals surface area (Å²) >= 11 is 0. The molecular weight excluding hydrogens is 996 g/mol. The molecule has 0 fully saturated rings. The zero-order valence-corrected chi connectivity index (χ0v) is 26.9. The Kier molecular flexibility index (Phi) is 12.1. The van der Waals surface area contributed by atoms with Crippen LogP contribution >= 0.6 is 0 Å². The van der Waals surface area contributed by atoms with Gasteiger partial charge in [-0.3, -0.25) is 0 Å². The number of hydrogen-bond donors (Lipinski definition) is 0. The van der Waals surface area contributed by atoms with Crippen molar-refractivity contribution in [3.8, 4) is 0 Å². The Bertz CT molecular complexity index is 1850. The van der Waals surface area contributed by atoms with Crippen LogP contribution in [-0.2, 0) is 23.7 Å². The minimum atomic E-state index is -8.85. The van der Waals surface area contributed by atoms with Gasteiger partial charge in [-0.25, -0.2) is 0 Å². The van der Waals surface area contributed by atoms with E-state index in [2.05, 4.69) is 0 Å². The summed E-state index contributed by atoms with van der Waals surface area (Å²) in [7, 11) is 0. The fourth-order valence-electron chi connectivity index (χ4n) is 4.55. The summed E-state index contributed by atoms with van der Waals surface area (Å²) in [4.78, 5) is 0. The Hall–Kier alpha value is -3.82. The van der Waals surface area contributed by atoms with Crippen molar-refractivity contribution >= 4 is 10.8 Å². The lowest BCUT2D eigenvalue weighted by molar-refractivity contribution is -0.400. The van der Waals surface area contributed by atoms with Gasteiger partial charge in [0.25, 0.3) is 0 Å². The highest BCUT2D eigenvalue weighted by molar-refractivity contribution is 5.92. The van der Waals surface area contributed by atoms with Crippen molar-refractivity contribution in [1.82, 2.24) is 0 Å². The van der Waals surface area contributed by atoms with Crippen molar-refractivity contribution < 1.29 is 158 Å². The van der Waals surface area contributed by atoms with E-state index in [1.165, 1.54) is 0 Å². The molecule has 2 aromatic carbocycles. The summed E-state index contributed by atoms with van der Waals surface area (Å²) in [6.45, 7) is 0. The fraction of sp³-hybridized carbons (Fsp3) is 0.615. The number of halogens is 36. The first kappa shape index (κ1) is 54.3. The predicted molar refractivity (Wildman–Crippen MR) is 123 cm³/mol. The number of alkyl halides is 36. The van der Waals surface area contributed by atoms with Gasteiger partial charge < -0.3 is 0 Å². The first-order chi connectivity index (χ1) is 26.4. The van der Waals surface area contributed by atoms with Crippen LogP contribution in [0.25, 0.3) is 10.8 Å². The van der Waals surface area contributed by atoms with Gasteiger partial charge in [-0.15, -0.1) is 0 Å². The number of fused-ring (bicyclic) bond motifs is 1. The first-order valence-corrected chi connectivity index (χ1v) is 13.9. The molecule has 0 spiro atoms. The van der Waals surface area contributed by atoms with Gasteiger partial charge in [0.2, 0.25) is 0 Å². The van der Waals surface area contributed by atoms with Crippen molar-refractivity contribution in [3.63, 3.8) is 0 Å². The summed E-state index contributed by atoms with van der Waals surface area (Å²) in [5, 5.41) is -8.30. The molecule has 360 valence electrons. The Labute approximate surface area is 312 Å². The third-order valence-corrected chi connectivity index (χ3v) is 8.05. The Morgan fingerprint density at radius 2 is 0.355 bits per heavy atom. The molecule has 0 atom stereocenters. The van der Waals surface area contributed by atoms with E-state index in [-0.39, 0.29) is 0 Å². The van der Waals surface area contributed by atoms with Crippen molar-refractivity contribution in [2.24, 2.45) is 0 Å². The highest BCUT2D eigenvalue weighted by Gasteiger charge is 2.86. The molecule has 36 heteroatoms. The summed E-state index contributed by atoms with van der Waals surface area (Å²) < 4.78 is 499. The third-order valence-electron chi connectivity index (χ3n) is 8.05. The van der Waals surface area contributed by atoms with E-state index in [0.717, 1.165) is 0 Å². The van der Waals surface area contributed by atoms with Gasteiger partial charge >= 0.3 is 95.8 Å². The van der Waals surface area contributed by atoms with Gasteiger partial charge in [-0.05, 0) is 35.0 Å². The van der Waals surface area contributed by atoms with E-state index in [1.807, 2.05) is 0 Å². The van der Waals surface area contributed by atoms with Crippen LogP contribution in [-0.4, -0.2) is 72.1 Å². The van der Waals surface area contributed by atoms with E-state index in [0.29, 0.717) is 0 Å². The lowest BCUT2D eigenvalue weighted by Gasteiger charge is -2.38.